The Hall–Kier alpha value is -2.18. The molecule has 2 aromatic carbocycles. The van der Waals surface area contributed by atoms with Crippen molar-refractivity contribution in [2.24, 2.45) is 17.8 Å². The Labute approximate surface area is 202 Å². The zero-order chi connectivity index (χ0) is 24.4. The summed E-state index contributed by atoms with van der Waals surface area (Å²) < 4.78 is 0. The van der Waals surface area contributed by atoms with Crippen LogP contribution < -0.4 is 0 Å². The molecule has 2 atom stereocenters. The second-order valence-electron chi connectivity index (χ2n) is 10.7. The molecule has 2 nitrogen and oxygen atoms in total. The van der Waals surface area contributed by atoms with Crippen LogP contribution in [0.25, 0.3) is 16.8 Å². The summed E-state index contributed by atoms with van der Waals surface area (Å²) in [6.07, 6.45) is 13.4. The van der Waals surface area contributed by atoms with Gasteiger partial charge in [-0.2, -0.15) is 0 Å². The second-order valence-corrected chi connectivity index (χ2v) is 10.7. The number of allylic oxidation sites excluding steroid dienone is 1. The van der Waals surface area contributed by atoms with Gasteiger partial charge in [-0.3, -0.25) is 0 Å². The number of fused-ring (bicyclic) bond motifs is 1. The van der Waals surface area contributed by atoms with E-state index in [1.165, 1.54) is 56.9 Å². The van der Waals surface area contributed by atoms with Gasteiger partial charge in [0.1, 0.15) is 11.5 Å². The van der Waals surface area contributed by atoms with Crippen molar-refractivity contribution in [1.29, 1.82) is 0 Å². The Morgan fingerprint density at radius 1 is 0.818 bits per heavy atom. The van der Waals surface area contributed by atoms with Gasteiger partial charge in [-0.05, 0) is 56.1 Å². The second kappa shape index (κ2) is 13.5. The maximum absolute atomic E-state index is 10.7. The number of phenolic OH excluding ortho intramolecular Hbond substituents is 2. The summed E-state index contributed by atoms with van der Waals surface area (Å²) in [6, 6.07) is 7.42. The van der Waals surface area contributed by atoms with Gasteiger partial charge in [-0.25, -0.2) is 0 Å². The Balaban J connectivity index is 1.81. The van der Waals surface area contributed by atoms with E-state index in [2.05, 4.69) is 40.3 Å². The van der Waals surface area contributed by atoms with Crippen LogP contribution >= 0.6 is 0 Å². The van der Waals surface area contributed by atoms with Crippen molar-refractivity contribution < 1.29 is 10.2 Å². The first-order valence-electron chi connectivity index (χ1n) is 13.1. The Bertz CT molecular complexity index is 947. The first kappa shape index (κ1) is 27.1. The zero-order valence-electron chi connectivity index (χ0n) is 21.9. The highest BCUT2D eigenvalue weighted by Gasteiger charge is 2.13. The molecular weight excluding hydrogens is 404 g/mol. The maximum Gasteiger partial charge on any atom is 0.131 e. The highest BCUT2D eigenvalue weighted by Crippen LogP contribution is 2.39. The lowest BCUT2D eigenvalue weighted by atomic mass is 9.91. The zero-order valence-corrected chi connectivity index (χ0v) is 21.9. The molecule has 0 radical (unpaired) electrons. The van der Waals surface area contributed by atoms with Crippen molar-refractivity contribution in [3.8, 4) is 11.5 Å². The number of hydrogen-bond donors (Lipinski definition) is 2. The van der Waals surface area contributed by atoms with Crippen LogP contribution in [0.2, 0.25) is 0 Å². The SMILES string of the molecule is CC(=C=Cc1c(C)c(O)c2ccccc2c1O)CCC[C@H](C)CCC[C@H](C)CCCC(C)C. The van der Waals surface area contributed by atoms with Crippen molar-refractivity contribution in [3.63, 3.8) is 0 Å². The monoisotopic (exact) mass is 450 g/mol. The Kier molecular flexibility index (Phi) is 11.1. The van der Waals surface area contributed by atoms with Gasteiger partial charge in [-0.1, -0.05) is 96.9 Å². The molecule has 0 unspecified atom stereocenters. The predicted octanol–water partition coefficient (Wildman–Crippen LogP) is 9.56. The summed E-state index contributed by atoms with van der Waals surface area (Å²) in [7, 11) is 0. The number of phenols is 2. The van der Waals surface area contributed by atoms with E-state index in [9.17, 15) is 10.2 Å². The first-order chi connectivity index (χ1) is 15.7. The lowest BCUT2D eigenvalue weighted by Crippen LogP contribution is -2.00. The number of benzene rings is 2. The molecule has 0 aliphatic rings. The van der Waals surface area contributed by atoms with Crippen molar-refractivity contribution in [2.75, 3.05) is 0 Å². The molecule has 0 aromatic heterocycles. The average molecular weight is 451 g/mol. The summed E-state index contributed by atoms with van der Waals surface area (Å²) in [6.45, 7) is 13.4. The van der Waals surface area contributed by atoms with E-state index in [0.717, 1.165) is 24.2 Å². The summed E-state index contributed by atoms with van der Waals surface area (Å²) in [5, 5.41) is 22.6. The maximum atomic E-state index is 10.7. The van der Waals surface area contributed by atoms with Crippen molar-refractivity contribution in [3.05, 3.63) is 46.7 Å². The predicted molar refractivity (Wildman–Crippen MR) is 144 cm³/mol. The molecule has 0 aliphatic carbocycles. The van der Waals surface area contributed by atoms with Crippen molar-refractivity contribution in [1.82, 2.24) is 0 Å². The van der Waals surface area contributed by atoms with Gasteiger partial charge in [0.15, 0.2) is 0 Å². The van der Waals surface area contributed by atoms with Crippen LogP contribution in [-0.4, -0.2) is 10.2 Å². The summed E-state index contributed by atoms with van der Waals surface area (Å²) >= 11 is 0. The normalized spacial score (nSPS) is 13.2. The smallest absolute Gasteiger partial charge is 0.131 e. The molecule has 2 heteroatoms. The Morgan fingerprint density at radius 3 is 1.91 bits per heavy atom. The van der Waals surface area contributed by atoms with Gasteiger partial charge in [0.05, 0.1) is 0 Å². The van der Waals surface area contributed by atoms with E-state index in [1.54, 1.807) is 0 Å². The molecule has 33 heavy (non-hydrogen) atoms. The van der Waals surface area contributed by atoms with Crippen LogP contribution in [0.15, 0.2) is 35.6 Å². The van der Waals surface area contributed by atoms with Gasteiger partial charge in [-0.15, -0.1) is 5.73 Å². The fourth-order valence-electron chi connectivity index (χ4n) is 4.69. The third-order valence-electron chi connectivity index (χ3n) is 7.04. The minimum atomic E-state index is 0.216. The number of hydrogen-bond acceptors (Lipinski definition) is 2. The highest BCUT2D eigenvalue weighted by atomic mass is 16.3. The van der Waals surface area contributed by atoms with E-state index < -0.39 is 0 Å². The molecule has 0 spiro atoms. The van der Waals surface area contributed by atoms with Crippen LogP contribution in [0.1, 0.15) is 104 Å². The molecule has 182 valence electrons. The minimum absolute atomic E-state index is 0.216. The van der Waals surface area contributed by atoms with Crippen LogP contribution in [-0.2, 0) is 0 Å². The van der Waals surface area contributed by atoms with E-state index in [0.29, 0.717) is 21.9 Å². The van der Waals surface area contributed by atoms with Crippen LogP contribution in [0.5, 0.6) is 11.5 Å². The van der Waals surface area contributed by atoms with E-state index >= 15 is 0 Å². The largest absolute Gasteiger partial charge is 0.507 e. The average Bonchev–Trinajstić information content (AvgIpc) is 2.77. The topological polar surface area (TPSA) is 40.5 Å². The minimum Gasteiger partial charge on any atom is -0.507 e. The molecule has 0 heterocycles. The van der Waals surface area contributed by atoms with Crippen molar-refractivity contribution in [2.45, 2.75) is 99.3 Å². The van der Waals surface area contributed by atoms with Gasteiger partial charge >= 0.3 is 0 Å². The van der Waals surface area contributed by atoms with E-state index in [4.69, 9.17) is 0 Å². The van der Waals surface area contributed by atoms with Crippen molar-refractivity contribution >= 4 is 16.8 Å². The van der Waals surface area contributed by atoms with Crippen LogP contribution in [0.3, 0.4) is 0 Å². The standard InChI is InChI=1S/C31H46O2/c1-22(2)12-9-13-23(3)14-10-15-24(4)16-11-17-25(5)20-21-27-26(6)30(32)28-18-7-8-19-29(28)31(27)33/h7-8,18-19,21-24,32-33H,9-17H2,1-6H3/t20?,23-,24-/m1/s1. The highest BCUT2D eigenvalue weighted by molar-refractivity contribution is 5.97. The van der Waals surface area contributed by atoms with E-state index in [1.807, 2.05) is 37.3 Å². The fourth-order valence-corrected chi connectivity index (χ4v) is 4.69. The van der Waals surface area contributed by atoms with Gasteiger partial charge in [0, 0.05) is 21.9 Å². The molecule has 0 bridgehead atoms. The van der Waals surface area contributed by atoms with Crippen LogP contribution in [0, 0.1) is 24.7 Å². The molecule has 0 fully saturated rings. The van der Waals surface area contributed by atoms with Crippen LogP contribution in [0.4, 0.5) is 0 Å². The molecule has 0 saturated heterocycles. The molecule has 2 aromatic rings. The number of aromatic hydroxyl groups is 2. The molecule has 0 amide bonds. The Morgan fingerprint density at radius 2 is 1.33 bits per heavy atom. The summed E-state index contributed by atoms with van der Waals surface area (Å²) in [4.78, 5) is 0. The quantitative estimate of drug-likeness (QED) is 0.235. The van der Waals surface area contributed by atoms with Gasteiger partial charge in [0.2, 0.25) is 0 Å². The number of rotatable bonds is 13. The molecule has 0 saturated carbocycles. The molecular formula is C31H46O2. The fraction of sp³-hybridized carbons (Fsp3) is 0.581. The lowest BCUT2D eigenvalue weighted by Gasteiger charge is -2.15. The van der Waals surface area contributed by atoms with Gasteiger partial charge in [0.25, 0.3) is 0 Å². The molecule has 0 aliphatic heterocycles. The third-order valence-corrected chi connectivity index (χ3v) is 7.04. The first-order valence-corrected chi connectivity index (χ1v) is 13.1. The summed E-state index contributed by atoms with van der Waals surface area (Å²) in [5.74, 6) is 2.92. The molecule has 2 rings (SSSR count). The molecule has 2 N–H and O–H groups in total. The summed E-state index contributed by atoms with van der Waals surface area (Å²) in [5.41, 5.74) is 5.89. The third kappa shape index (κ3) is 8.59. The van der Waals surface area contributed by atoms with E-state index in [-0.39, 0.29) is 11.5 Å². The lowest BCUT2D eigenvalue weighted by molar-refractivity contribution is 0.389. The van der Waals surface area contributed by atoms with Gasteiger partial charge < -0.3 is 10.2 Å².